The molecule has 1 aliphatic heterocycles. The molecule has 0 aromatic heterocycles. The minimum Gasteiger partial charge on any atom is -0.377 e. The molecule has 1 amide bonds. The Bertz CT molecular complexity index is 622. The van der Waals surface area contributed by atoms with Crippen LogP contribution >= 0.6 is 0 Å². The molecule has 0 aliphatic carbocycles. The van der Waals surface area contributed by atoms with Crippen LogP contribution in [0, 0.1) is 6.92 Å². The maximum Gasteiger partial charge on any atom is 0.251 e. The molecule has 21 heavy (non-hydrogen) atoms. The van der Waals surface area contributed by atoms with Crippen molar-refractivity contribution < 1.29 is 17.9 Å². The van der Waals surface area contributed by atoms with Crippen molar-refractivity contribution >= 4 is 15.9 Å². The van der Waals surface area contributed by atoms with Crippen LogP contribution in [-0.2, 0) is 14.8 Å². The van der Waals surface area contributed by atoms with Crippen LogP contribution in [0.3, 0.4) is 0 Å². The molecule has 7 heteroatoms. The average Bonchev–Trinajstić information content (AvgIpc) is 2.98. The van der Waals surface area contributed by atoms with E-state index >= 15 is 0 Å². The SMILES string of the molecule is CNC(=O)c1cc(S(=O)(=O)NCC2CCCO2)ccc1C. The number of benzene rings is 1. The second kappa shape index (κ2) is 6.55. The molecule has 0 radical (unpaired) electrons. The number of sulfonamides is 1. The van der Waals surface area contributed by atoms with E-state index in [9.17, 15) is 13.2 Å². The maximum atomic E-state index is 12.3. The quantitative estimate of drug-likeness (QED) is 0.843. The second-order valence-corrected chi connectivity index (χ2v) is 6.81. The number of rotatable bonds is 5. The summed E-state index contributed by atoms with van der Waals surface area (Å²) in [5.41, 5.74) is 1.09. The fourth-order valence-corrected chi connectivity index (χ4v) is 3.33. The zero-order chi connectivity index (χ0) is 15.5. The number of carbonyl (C=O) groups excluding carboxylic acids is 1. The lowest BCUT2D eigenvalue weighted by Crippen LogP contribution is -2.32. The Morgan fingerprint density at radius 1 is 1.43 bits per heavy atom. The van der Waals surface area contributed by atoms with Gasteiger partial charge in [-0.1, -0.05) is 6.07 Å². The fourth-order valence-electron chi connectivity index (χ4n) is 2.24. The molecule has 1 atom stereocenters. The first kappa shape index (κ1) is 15.9. The van der Waals surface area contributed by atoms with Gasteiger partial charge in [-0.05, 0) is 37.5 Å². The minimum atomic E-state index is -3.64. The molecule has 1 aromatic rings. The lowest BCUT2D eigenvalue weighted by atomic mass is 10.1. The average molecular weight is 312 g/mol. The summed E-state index contributed by atoms with van der Waals surface area (Å²) < 4.78 is 32.5. The van der Waals surface area contributed by atoms with E-state index in [1.807, 2.05) is 0 Å². The highest BCUT2D eigenvalue weighted by Crippen LogP contribution is 2.17. The van der Waals surface area contributed by atoms with Crippen molar-refractivity contribution in [3.63, 3.8) is 0 Å². The minimum absolute atomic E-state index is 0.0661. The molecule has 6 nitrogen and oxygen atoms in total. The van der Waals surface area contributed by atoms with E-state index < -0.39 is 10.0 Å². The standard InChI is InChI=1S/C14H20N2O4S/c1-10-5-6-12(8-13(10)14(17)15-2)21(18,19)16-9-11-4-3-7-20-11/h5-6,8,11,16H,3-4,7,9H2,1-2H3,(H,15,17). The van der Waals surface area contributed by atoms with Crippen molar-refractivity contribution in [2.45, 2.75) is 30.8 Å². The Labute approximate surface area is 124 Å². The Morgan fingerprint density at radius 2 is 2.19 bits per heavy atom. The summed E-state index contributed by atoms with van der Waals surface area (Å²) in [6.07, 6.45) is 1.75. The van der Waals surface area contributed by atoms with E-state index in [2.05, 4.69) is 10.0 Å². The monoisotopic (exact) mass is 312 g/mol. The van der Waals surface area contributed by atoms with E-state index in [0.717, 1.165) is 18.4 Å². The number of aryl methyl sites for hydroxylation is 1. The normalized spacial score (nSPS) is 18.7. The number of carbonyl (C=O) groups is 1. The Morgan fingerprint density at radius 3 is 2.81 bits per heavy atom. The van der Waals surface area contributed by atoms with E-state index in [0.29, 0.717) is 12.2 Å². The number of hydrogen-bond donors (Lipinski definition) is 2. The van der Waals surface area contributed by atoms with Crippen LogP contribution in [0.1, 0.15) is 28.8 Å². The van der Waals surface area contributed by atoms with Gasteiger partial charge in [-0.3, -0.25) is 4.79 Å². The zero-order valence-corrected chi connectivity index (χ0v) is 13.0. The Hall–Kier alpha value is -1.44. The van der Waals surface area contributed by atoms with Gasteiger partial charge in [0.1, 0.15) is 0 Å². The van der Waals surface area contributed by atoms with Gasteiger partial charge in [-0.15, -0.1) is 0 Å². The van der Waals surface area contributed by atoms with Gasteiger partial charge in [0.25, 0.3) is 5.91 Å². The van der Waals surface area contributed by atoms with Crippen LogP contribution in [0.4, 0.5) is 0 Å². The molecule has 1 saturated heterocycles. The summed E-state index contributed by atoms with van der Waals surface area (Å²) in [6, 6.07) is 4.52. The lowest BCUT2D eigenvalue weighted by molar-refractivity contribution is 0.0962. The van der Waals surface area contributed by atoms with Gasteiger partial charge in [0.15, 0.2) is 0 Å². The Kier molecular flexibility index (Phi) is 4.97. The van der Waals surface area contributed by atoms with Gasteiger partial charge in [-0.2, -0.15) is 0 Å². The third-order valence-corrected chi connectivity index (χ3v) is 4.94. The van der Waals surface area contributed by atoms with Crippen molar-refractivity contribution in [3.05, 3.63) is 29.3 Å². The van der Waals surface area contributed by atoms with Gasteiger partial charge in [0, 0.05) is 25.8 Å². The predicted molar refractivity (Wildman–Crippen MR) is 78.7 cm³/mol. The summed E-state index contributed by atoms with van der Waals surface area (Å²) in [5, 5.41) is 2.50. The zero-order valence-electron chi connectivity index (χ0n) is 12.2. The van der Waals surface area contributed by atoms with Crippen LogP contribution in [-0.4, -0.2) is 40.6 Å². The number of nitrogens with one attached hydrogen (secondary N) is 2. The Balaban J connectivity index is 2.17. The highest BCUT2D eigenvalue weighted by Gasteiger charge is 2.21. The summed E-state index contributed by atoms with van der Waals surface area (Å²) >= 11 is 0. The van der Waals surface area contributed by atoms with Crippen LogP contribution < -0.4 is 10.0 Å². The molecule has 2 N–H and O–H groups in total. The molecular formula is C14H20N2O4S. The highest BCUT2D eigenvalue weighted by atomic mass is 32.2. The fraction of sp³-hybridized carbons (Fsp3) is 0.500. The van der Waals surface area contributed by atoms with Crippen molar-refractivity contribution in [1.82, 2.24) is 10.0 Å². The third kappa shape index (κ3) is 3.81. The van der Waals surface area contributed by atoms with Crippen molar-refractivity contribution in [2.24, 2.45) is 0 Å². The first-order valence-corrected chi connectivity index (χ1v) is 8.36. The van der Waals surface area contributed by atoms with E-state index in [-0.39, 0.29) is 23.5 Å². The van der Waals surface area contributed by atoms with E-state index in [1.165, 1.54) is 19.2 Å². The van der Waals surface area contributed by atoms with Crippen molar-refractivity contribution in [1.29, 1.82) is 0 Å². The maximum absolute atomic E-state index is 12.3. The van der Waals surface area contributed by atoms with Gasteiger partial charge >= 0.3 is 0 Å². The topological polar surface area (TPSA) is 84.5 Å². The van der Waals surface area contributed by atoms with E-state index in [1.54, 1.807) is 13.0 Å². The van der Waals surface area contributed by atoms with E-state index in [4.69, 9.17) is 4.74 Å². The number of amides is 1. The summed E-state index contributed by atoms with van der Waals surface area (Å²) in [4.78, 5) is 11.8. The smallest absolute Gasteiger partial charge is 0.251 e. The predicted octanol–water partition coefficient (Wildman–Crippen LogP) is 0.812. The molecule has 0 bridgehead atoms. The molecule has 0 spiro atoms. The summed E-state index contributed by atoms with van der Waals surface area (Å²) in [5.74, 6) is -0.302. The van der Waals surface area contributed by atoms with Crippen LogP contribution in [0.15, 0.2) is 23.1 Å². The second-order valence-electron chi connectivity index (χ2n) is 5.04. The van der Waals surface area contributed by atoms with Gasteiger partial charge in [0.05, 0.1) is 11.0 Å². The van der Waals surface area contributed by atoms with Gasteiger partial charge < -0.3 is 10.1 Å². The molecule has 116 valence electrons. The van der Waals surface area contributed by atoms with Crippen LogP contribution in [0.2, 0.25) is 0 Å². The molecule has 1 heterocycles. The van der Waals surface area contributed by atoms with Crippen molar-refractivity contribution in [2.75, 3.05) is 20.2 Å². The first-order valence-electron chi connectivity index (χ1n) is 6.88. The van der Waals surface area contributed by atoms with Crippen LogP contribution in [0.25, 0.3) is 0 Å². The van der Waals surface area contributed by atoms with Crippen molar-refractivity contribution in [3.8, 4) is 0 Å². The molecule has 1 aromatic carbocycles. The molecule has 2 rings (SSSR count). The van der Waals surface area contributed by atoms with Gasteiger partial charge in [-0.25, -0.2) is 13.1 Å². The molecule has 1 unspecified atom stereocenters. The van der Waals surface area contributed by atoms with Gasteiger partial charge in [0.2, 0.25) is 10.0 Å². The molecule has 1 fully saturated rings. The highest BCUT2D eigenvalue weighted by molar-refractivity contribution is 7.89. The summed E-state index contributed by atoms with van der Waals surface area (Å²) in [6.45, 7) is 2.70. The summed E-state index contributed by atoms with van der Waals surface area (Å²) in [7, 11) is -2.13. The lowest BCUT2D eigenvalue weighted by Gasteiger charge is -2.12. The molecule has 1 aliphatic rings. The van der Waals surface area contributed by atoms with Crippen LogP contribution in [0.5, 0.6) is 0 Å². The largest absolute Gasteiger partial charge is 0.377 e. The first-order chi connectivity index (χ1) is 9.94. The molecular weight excluding hydrogens is 292 g/mol. The third-order valence-electron chi connectivity index (χ3n) is 3.52. The number of ether oxygens (including phenoxy) is 1. The number of hydrogen-bond acceptors (Lipinski definition) is 4. The molecule has 0 saturated carbocycles.